The lowest BCUT2D eigenvalue weighted by Gasteiger charge is -2.55. The molecule has 2 rings (SSSR count). The van der Waals surface area contributed by atoms with E-state index in [1.807, 2.05) is 0 Å². The fourth-order valence-corrected chi connectivity index (χ4v) is 3.55. The third kappa shape index (κ3) is 3.25. The summed E-state index contributed by atoms with van der Waals surface area (Å²) in [6, 6.07) is 0. The van der Waals surface area contributed by atoms with Crippen molar-refractivity contribution >= 4 is 0 Å². The fourth-order valence-electron chi connectivity index (χ4n) is 3.55. The number of rotatable bonds is 7. The largest absolute Gasteiger partial charge is 0.381 e. The van der Waals surface area contributed by atoms with E-state index in [1.54, 1.807) is 0 Å². The Morgan fingerprint density at radius 3 is 2.56 bits per heavy atom. The van der Waals surface area contributed by atoms with Gasteiger partial charge in [0.2, 0.25) is 0 Å². The Morgan fingerprint density at radius 2 is 1.94 bits per heavy atom. The second kappa shape index (κ2) is 6.88. The van der Waals surface area contributed by atoms with E-state index in [2.05, 4.69) is 11.8 Å². The predicted octanol–water partition coefficient (Wildman–Crippen LogP) is 2.40. The first-order chi connectivity index (χ1) is 8.80. The van der Waals surface area contributed by atoms with Crippen molar-refractivity contribution in [2.75, 3.05) is 32.8 Å². The molecule has 0 aromatic rings. The van der Waals surface area contributed by atoms with Crippen LogP contribution in [0.1, 0.15) is 51.9 Å². The molecule has 1 saturated heterocycles. The van der Waals surface area contributed by atoms with Gasteiger partial charge in [-0.15, -0.1) is 0 Å². The molecule has 3 heteroatoms. The quantitative estimate of drug-likeness (QED) is 0.709. The minimum absolute atomic E-state index is 0.333. The lowest BCUT2D eigenvalue weighted by molar-refractivity contribution is -0.0591. The summed E-state index contributed by atoms with van der Waals surface area (Å²) in [7, 11) is 0. The Bertz CT molecular complexity index is 233. The van der Waals surface area contributed by atoms with Crippen LogP contribution in [0.15, 0.2) is 0 Å². The molecule has 2 N–H and O–H groups in total. The van der Waals surface area contributed by atoms with Crippen LogP contribution in [0.25, 0.3) is 0 Å². The topological polar surface area (TPSA) is 38.5 Å². The van der Waals surface area contributed by atoms with Gasteiger partial charge < -0.3 is 10.5 Å². The number of hydrogen-bond acceptors (Lipinski definition) is 3. The average molecular weight is 254 g/mol. The summed E-state index contributed by atoms with van der Waals surface area (Å²) >= 11 is 0. The maximum absolute atomic E-state index is 6.06. The van der Waals surface area contributed by atoms with Crippen molar-refractivity contribution in [1.29, 1.82) is 0 Å². The van der Waals surface area contributed by atoms with Gasteiger partial charge in [-0.25, -0.2) is 0 Å². The molecule has 0 aromatic carbocycles. The fraction of sp³-hybridized carbons (Fsp3) is 1.00. The number of nitrogens with zero attached hydrogens (tertiary/aromatic N) is 1. The number of piperidine rings is 1. The molecule has 2 fully saturated rings. The monoisotopic (exact) mass is 254 g/mol. The van der Waals surface area contributed by atoms with Gasteiger partial charge in [-0.2, -0.15) is 0 Å². The zero-order valence-corrected chi connectivity index (χ0v) is 12.0. The van der Waals surface area contributed by atoms with Crippen LogP contribution in [-0.4, -0.2) is 43.3 Å². The van der Waals surface area contributed by atoms with E-state index in [9.17, 15) is 0 Å². The second-order valence-corrected chi connectivity index (χ2v) is 6.18. The molecule has 0 spiro atoms. The van der Waals surface area contributed by atoms with E-state index in [0.29, 0.717) is 5.54 Å². The van der Waals surface area contributed by atoms with Crippen LogP contribution in [0.3, 0.4) is 0 Å². The van der Waals surface area contributed by atoms with Gasteiger partial charge in [0.05, 0.1) is 0 Å². The van der Waals surface area contributed by atoms with Crippen LogP contribution in [0, 0.1) is 5.92 Å². The van der Waals surface area contributed by atoms with Crippen molar-refractivity contribution in [2.24, 2.45) is 11.7 Å². The van der Waals surface area contributed by atoms with E-state index in [4.69, 9.17) is 10.5 Å². The number of ether oxygens (including phenoxy) is 1. The highest BCUT2D eigenvalue weighted by molar-refractivity contribution is 5.03. The zero-order chi connectivity index (χ0) is 12.8. The Labute approximate surface area is 112 Å². The van der Waals surface area contributed by atoms with Crippen molar-refractivity contribution in [3.05, 3.63) is 0 Å². The third-order valence-electron chi connectivity index (χ3n) is 4.74. The number of hydrogen-bond donors (Lipinski definition) is 1. The number of unbranched alkanes of at least 4 members (excludes halogenated alkanes) is 1. The van der Waals surface area contributed by atoms with E-state index in [0.717, 1.165) is 25.7 Å². The smallest absolute Gasteiger partial charge is 0.0495 e. The van der Waals surface area contributed by atoms with E-state index in [1.165, 1.54) is 58.0 Å². The van der Waals surface area contributed by atoms with Crippen LogP contribution >= 0.6 is 0 Å². The normalized spacial score (nSPS) is 33.3. The summed E-state index contributed by atoms with van der Waals surface area (Å²) in [6.45, 7) is 7.46. The molecule has 0 bridgehead atoms. The number of nitrogens with two attached hydrogens (primary N) is 1. The molecule has 1 saturated carbocycles. The van der Waals surface area contributed by atoms with Crippen molar-refractivity contribution in [3.8, 4) is 0 Å². The van der Waals surface area contributed by atoms with Crippen molar-refractivity contribution in [1.82, 2.24) is 4.90 Å². The molecular weight excluding hydrogens is 224 g/mol. The second-order valence-electron chi connectivity index (χ2n) is 6.18. The molecule has 1 aliphatic carbocycles. The van der Waals surface area contributed by atoms with Crippen molar-refractivity contribution in [3.63, 3.8) is 0 Å². The maximum atomic E-state index is 6.06. The van der Waals surface area contributed by atoms with Crippen LogP contribution in [0.2, 0.25) is 0 Å². The zero-order valence-electron chi connectivity index (χ0n) is 12.0. The minimum Gasteiger partial charge on any atom is -0.381 e. The minimum atomic E-state index is 0.333. The molecule has 0 amide bonds. The Morgan fingerprint density at radius 1 is 1.22 bits per heavy atom. The predicted molar refractivity (Wildman–Crippen MR) is 75.7 cm³/mol. The maximum Gasteiger partial charge on any atom is 0.0495 e. The van der Waals surface area contributed by atoms with Crippen LogP contribution in [0.5, 0.6) is 0 Å². The highest BCUT2D eigenvalue weighted by Crippen LogP contribution is 2.43. The molecule has 1 heterocycles. The summed E-state index contributed by atoms with van der Waals surface area (Å²) < 4.78 is 5.74. The van der Waals surface area contributed by atoms with E-state index >= 15 is 0 Å². The van der Waals surface area contributed by atoms with Crippen molar-refractivity contribution in [2.45, 2.75) is 57.4 Å². The average Bonchev–Trinajstić information content (AvgIpc) is 2.38. The third-order valence-corrected chi connectivity index (χ3v) is 4.74. The van der Waals surface area contributed by atoms with Gasteiger partial charge in [0.1, 0.15) is 0 Å². The van der Waals surface area contributed by atoms with Gasteiger partial charge in [0.15, 0.2) is 0 Å². The van der Waals surface area contributed by atoms with Crippen molar-refractivity contribution < 1.29 is 4.74 Å². The van der Waals surface area contributed by atoms with Gasteiger partial charge in [-0.3, -0.25) is 4.90 Å². The Hall–Kier alpha value is -0.120. The molecule has 106 valence electrons. The van der Waals surface area contributed by atoms with Gasteiger partial charge >= 0.3 is 0 Å². The van der Waals surface area contributed by atoms with Crippen LogP contribution < -0.4 is 5.73 Å². The van der Waals surface area contributed by atoms with Gasteiger partial charge in [-0.1, -0.05) is 19.8 Å². The molecule has 0 radical (unpaired) electrons. The molecule has 18 heavy (non-hydrogen) atoms. The molecule has 1 aliphatic heterocycles. The highest BCUT2D eigenvalue weighted by atomic mass is 16.5. The summed E-state index contributed by atoms with van der Waals surface area (Å²) in [4.78, 5) is 2.67. The SMILES string of the molecule is CCCCOCC1CC(CN)(N2CCCCC2)C1. The molecule has 0 atom stereocenters. The summed E-state index contributed by atoms with van der Waals surface area (Å²) in [5.41, 5.74) is 6.39. The summed E-state index contributed by atoms with van der Waals surface area (Å²) in [5.74, 6) is 0.757. The summed E-state index contributed by atoms with van der Waals surface area (Å²) in [6.07, 6.45) is 9.07. The molecule has 3 nitrogen and oxygen atoms in total. The van der Waals surface area contributed by atoms with Gasteiger partial charge in [0.25, 0.3) is 0 Å². The first kappa shape index (κ1) is 14.3. The lowest BCUT2D eigenvalue weighted by Crippen LogP contribution is -2.63. The highest BCUT2D eigenvalue weighted by Gasteiger charge is 2.47. The first-order valence-corrected chi connectivity index (χ1v) is 7.83. The number of likely N-dealkylation sites (tertiary alicyclic amines) is 1. The van der Waals surface area contributed by atoms with Crippen LogP contribution in [0.4, 0.5) is 0 Å². The standard InChI is InChI=1S/C15H30N2O/c1-2-3-9-18-12-14-10-15(11-14,13-16)17-7-5-4-6-8-17/h14H,2-13,16H2,1H3. The van der Waals surface area contributed by atoms with E-state index in [-0.39, 0.29) is 0 Å². The summed E-state index contributed by atoms with van der Waals surface area (Å²) in [5, 5.41) is 0. The van der Waals surface area contributed by atoms with Gasteiger partial charge in [-0.05, 0) is 51.1 Å². The molecule has 0 aromatic heterocycles. The molecular formula is C15H30N2O. The Balaban J connectivity index is 1.69. The van der Waals surface area contributed by atoms with Gasteiger partial charge in [0, 0.05) is 25.3 Å². The lowest BCUT2D eigenvalue weighted by atomic mass is 9.67. The molecule has 0 unspecified atom stereocenters. The van der Waals surface area contributed by atoms with Crippen LogP contribution in [-0.2, 0) is 4.74 Å². The molecule has 2 aliphatic rings. The first-order valence-electron chi connectivity index (χ1n) is 7.83. The Kier molecular flexibility index (Phi) is 5.46. The van der Waals surface area contributed by atoms with E-state index < -0.39 is 0 Å².